The first-order valence-electron chi connectivity index (χ1n) is 6.63. The maximum atomic E-state index is 6.25. The minimum absolute atomic E-state index is 0.214. The molecular weight excluding hydrogens is 343 g/mol. The van der Waals surface area contributed by atoms with Crippen molar-refractivity contribution < 1.29 is 0 Å². The van der Waals surface area contributed by atoms with E-state index in [1.54, 1.807) is 23.0 Å². The Labute approximate surface area is 142 Å². The van der Waals surface area contributed by atoms with Crippen LogP contribution in [0.15, 0.2) is 29.5 Å². The zero-order chi connectivity index (χ0) is 15.9. The van der Waals surface area contributed by atoms with Gasteiger partial charge in [-0.25, -0.2) is 10.2 Å². The minimum Gasteiger partial charge on any atom is -0.299 e. The Bertz CT molecular complexity index is 794. The van der Waals surface area contributed by atoms with Crippen molar-refractivity contribution in [3.63, 3.8) is 0 Å². The average molecular weight is 357 g/mol. The fraction of sp³-hybridized carbons (Fsp3) is 0.231. The molecule has 1 aliphatic rings. The van der Waals surface area contributed by atoms with Gasteiger partial charge in [0.15, 0.2) is 5.84 Å². The van der Waals surface area contributed by atoms with Gasteiger partial charge in [0, 0.05) is 17.3 Å². The van der Waals surface area contributed by atoms with Crippen LogP contribution in [0.2, 0.25) is 10.0 Å². The molecule has 0 unspecified atom stereocenters. The molecule has 1 aromatic carbocycles. The third-order valence-electron chi connectivity index (χ3n) is 3.24. The van der Waals surface area contributed by atoms with Gasteiger partial charge in [0.1, 0.15) is 4.64 Å². The van der Waals surface area contributed by atoms with Gasteiger partial charge in [-0.3, -0.25) is 10.1 Å². The highest BCUT2D eigenvalue weighted by atomic mass is 35.5. The van der Waals surface area contributed by atoms with E-state index in [9.17, 15) is 0 Å². The highest BCUT2D eigenvalue weighted by molar-refractivity contribution is 7.71. The number of aromatic amines is 1. The Morgan fingerprint density at radius 2 is 2.05 bits per heavy atom. The Hall–Kier alpha value is -1.54. The summed E-state index contributed by atoms with van der Waals surface area (Å²) in [4.78, 5) is 0. The molecule has 9 heteroatoms. The second kappa shape index (κ2) is 5.92. The van der Waals surface area contributed by atoms with Gasteiger partial charge in [-0.2, -0.15) is 0 Å². The van der Waals surface area contributed by atoms with E-state index >= 15 is 0 Å². The Kier molecular flexibility index (Phi) is 4.14. The summed E-state index contributed by atoms with van der Waals surface area (Å²) in [6, 6.07) is 5.47. The summed E-state index contributed by atoms with van der Waals surface area (Å²) in [5.74, 6) is 0.722. The van der Waals surface area contributed by atoms with Crippen molar-refractivity contribution in [3.8, 4) is 5.69 Å². The van der Waals surface area contributed by atoms with Crippen LogP contribution in [0.4, 0.5) is 0 Å². The molecule has 3 rings (SSSR count). The zero-order valence-electron chi connectivity index (χ0n) is 11.9. The number of amidine groups is 1. The second-order valence-corrected chi connectivity index (χ2v) is 6.28. The number of hydrazine groups is 2. The molecule has 0 saturated heterocycles. The van der Waals surface area contributed by atoms with Crippen LogP contribution >= 0.6 is 35.4 Å². The standard InChI is InChI=1S/C13H14Cl2N6S/c1-7(2)20-12(17-18-19-20)9-6-16-21(13(9)22)11-4-3-8(14)5-10(11)15/h3-7,16,18-19H,1-2H3. The van der Waals surface area contributed by atoms with Crippen LogP contribution in [-0.4, -0.2) is 26.7 Å². The molecule has 0 bridgehead atoms. The highest BCUT2D eigenvalue weighted by Gasteiger charge is 2.24. The van der Waals surface area contributed by atoms with Crippen LogP contribution in [0, 0.1) is 4.64 Å². The number of hydrogen-bond donors (Lipinski definition) is 3. The third-order valence-corrected chi connectivity index (χ3v) is 4.18. The van der Waals surface area contributed by atoms with Crippen molar-refractivity contribution in [1.82, 2.24) is 25.9 Å². The van der Waals surface area contributed by atoms with Gasteiger partial charge in [-0.15, -0.1) is 10.6 Å². The predicted molar refractivity (Wildman–Crippen MR) is 90.8 cm³/mol. The molecule has 2 heterocycles. The van der Waals surface area contributed by atoms with Crippen molar-refractivity contribution in [2.24, 2.45) is 5.10 Å². The second-order valence-electron chi connectivity index (χ2n) is 5.05. The topological polar surface area (TPSA) is 60.4 Å². The molecule has 6 nitrogen and oxygen atoms in total. The van der Waals surface area contributed by atoms with Crippen LogP contribution in [0.25, 0.3) is 5.69 Å². The van der Waals surface area contributed by atoms with Crippen LogP contribution in [0.5, 0.6) is 0 Å². The number of aromatic nitrogens is 2. The van der Waals surface area contributed by atoms with E-state index in [1.807, 2.05) is 11.1 Å². The lowest BCUT2D eigenvalue weighted by atomic mass is 10.2. The van der Waals surface area contributed by atoms with Gasteiger partial charge in [0.05, 0.1) is 16.3 Å². The van der Waals surface area contributed by atoms with Gasteiger partial charge in [0.25, 0.3) is 0 Å². The van der Waals surface area contributed by atoms with Crippen LogP contribution in [-0.2, 0) is 0 Å². The van der Waals surface area contributed by atoms with Crippen molar-refractivity contribution in [2.75, 3.05) is 0 Å². The largest absolute Gasteiger partial charge is 0.299 e. The maximum Gasteiger partial charge on any atom is 0.177 e. The number of nitrogens with zero attached hydrogens (tertiary/aromatic N) is 3. The Balaban J connectivity index is 2.05. The lowest BCUT2D eigenvalue weighted by Gasteiger charge is -2.22. The summed E-state index contributed by atoms with van der Waals surface area (Å²) in [6.07, 6.45) is 1.80. The van der Waals surface area contributed by atoms with Crippen molar-refractivity contribution in [2.45, 2.75) is 19.9 Å². The Morgan fingerprint density at radius 3 is 2.73 bits per heavy atom. The fourth-order valence-electron chi connectivity index (χ4n) is 2.17. The third kappa shape index (κ3) is 2.61. The molecule has 0 spiro atoms. The van der Waals surface area contributed by atoms with Crippen molar-refractivity contribution in [3.05, 3.63) is 44.6 Å². The summed E-state index contributed by atoms with van der Waals surface area (Å²) in [7, 11) is 0. The van der Waals surface area contributed by atoms with E-state index in [2.05, 4.69) is 35.1 Å². The number of benzene rings is 1. The van der Waals surface area contributed by atoms with E-state index in [0.717, 1.165) is 17.1 Å². The van der Waals surface area contributed by atoms with E-state index in [1.165, 1.54) is 0 Å². The molecule has 1 aliphatic heterocycles. The fourth-order valence-corrected chi connectivity index (χ4v) is 2.97. The van der Waals surface area contributed by atoms with Crippen molar-refractivity contribution >= 4 is 41.3 Å². The summed E-state index contributed by atoms with van der Waals surface area (Å²) < 4.78 is 2.31. The summed E-state index contributed by atoms with van der Waals surface area (Å²) in [6.45, 7) is 4.10. The van der Waals surface area contributed by atoms with Crippen molar-refractivity contribution in [1.29, 1.82) is 0 Å². The molecule has 0 aliphatic carbocycles. The smallest absolute Gasteiger partial charge is 0.177 e. The molecule has 22 heavy (non-hydrogen) atoms. The van der Waals surface area contributed by atoms with Crippen LogP contribution in [0.1, 0.15) is 19.4 Å². The predicted octanol–water partition coefficient (Wildman–Crippen LogP) is 3.24. The first-order chi connectivity index (χ1) is 10.5. The van der Waals surface area contributed by atoms with Crippen LogP contribution in [0.3, 0.4) is 0 Å². The normalized spacial score (nSPS) is 14.4. The number of rotatable bonds is 3. The van der Waals surface area contributed by atoms with Gasteiger partial charge < -0.3 is 0 Å². The maximum absolute atomic E-state index is 6.25. The number of hydrogen-bond acceptors (Lipinski definition) is 5. The molecule has 3 N–H and O–H groups in total. The molecule has 116 valence electrons. The lowest BCUT2D eigenvalue weighted by molar-refractivity contribution is 0.246. The van der Waals surface area contributed by atoms with Gasteiger partial charge in [0.2, 0.25) is 0 Å². The summed E-state index contributed by atoms with van der Waals surface area (Å²) >= 11 is 17.7. The van der Waals surface area contributed by atoms with Gasteiger partial charge in [-0.05, 0) is 32.0 Å². The first kappa shape index (κ1) is 15.4. The van der Waals surface area contributed by atoms with Gasteiger partial charge in [-0.1, -0.05) is 35.4 Å². The van der Waals surface area contributed by atoms with E-state index in [4.69, 9.17) is 35.4 Å². The zero-order valence-corrected chi connectivity index (χ0v) is 14.2. The first-order valence-corrected chi connectivity index (χ1v) is 7.79. The minimum atomic E-state index is 0.214. The molecule has 0 saturated carbocycles. The summed E-state index contributed by atoms with van der Waals surface area (Å²) in [5, 5.41) is 10.3. The molecule has 2 aromatic rings. The van der Waals surface area contributed by atoms with E-state index < -0.39 is 0 Å². The van der Waals surface area contributed by atoms with Gasteiger partial charge >= 0.3 is 0 Å². The van der Waals surface area contributed by atoms with Crippen LogP contribution < -0.4 is 11.1 Å². The quantitative estimate of drug-likeness (QED) is 0.738. The number of halogens is 2. The monoisotopic (exact) mass is 356 g/mol. The molecular formula is C13H14Cl2N6S. The number of H-pyrrole nitrogens is 1. The number of nitrogens with one attached hydrogen (secondary N) is 3. The van der Waals surface area contributed by atoms with E-state index in [0.29, 0.717) is 14.7 Å². The van der Waals surface area contributed by atoms with E-state index in [-0.39, 0.29) is 6.04 Å². The SMILES string of the molecule is CC(C)N1NNN=C1c1c[nH]n(-c2ccc(Cl)cc2Cl)c1=S. The lowest BCUT2D eigenvalue weighted by Crippen LogP contribution is -2.45. The highest BCUT2D eigenvalue weighted by Crippen LogP contribution is 2.25. The molecule has 0 fully saturated rings. The Morgan fingerprint density at radius 1 is 1.27 bits per heavy atom. The molecule has 0 radical (unpaired) electrons. The average Bonchev–Trinajstić information content (AvgIpc) is 3.05. The molecule has 0 atom stereocenters. The number of hydrazone groups is 1. The molecule has 1 aromatic heterocycles. The summed E-state index contributed by atoms with van der Waals surface area (Å²) in [5.41, 5.74) is 7.25. The molecule has 0 amide bonds.